The molecule has 0 aliphatic heterocycles. The number of hydrogen-bond acceptors (Lipinski definition) is 2. The van der Waals surface area contributed by atoms with Crippen LogP contribution in [0.1, 0.15) is 49.4 Å². The molecule has 1 aromatic carbocycles. The summed E-state index contributed by atoms with van der Waals surface area (Å²) in [7, 11) is 0. The molecule has 112 valence electrons. The number of unbranched alkanes of at least 4 members (excludes halogenated alkanes) is 3. The Morgan fingerprint density at radius 3 is 2.80 bits per heavy atom. The Balaban J connectivity index is 2.31. The standard InChI is InChI=1S/C16H24BrNO2/c1-2-12-20-15-9-7-8-14(13-15)16(19)18-11-6-4-3-5-10-17/h7-9,13H,2-6,10-12H2,1H3,(H,18,19). The molecule has 0 unspecified atom stereocenters. The summed E-state index contributed by atoms with van der Waals surface area (Å²) < 4.78 is 5.53. The molecule has 0 aromatic heterocycles. The van der Waals surface area contributed by atoms with E-state index in [0.717, 1.165) is 36.9 Å². The fourth-order valence-electron chi connectivity index (χ4n) is 1.82. The summed E-state index contributed by atoms with van der Waals surface area (Å²) in [4.78, 5) is 12.0. The molecule has 1 aromatic rings. The van der Waals surface area contributed by atoms with Crippen LogP contribution >= 0.6 is 15.9 Å². The fourth-order valence-corrected chi connectivity index (χ4v) is 2.22. The lowest BCUT2D eigenvalue weighted by molar-refractivity contribution is 0.0952. The van der Waals surface area contributed by atoms with Gasteiger partial charge in [-0.15, -0.1) is 0 Å². The number of carbonyl (C=O) groups is 1. The van der Waals surface area contributed by atoms with Crippen LogP contribution in [0.25, 0.3) is 0 Å². The molecule has 0 saturated carbocycles. The molecule has 0 spiro atoms. The quantitative estimate of drug-likeness (QED) is 0.512. The lowest BCUT2D eigenvalue weighted by Gasteiger charge is -2.08. The molecule has 1 N–H and O–H groups in total. The van der Waals surface area contributed by atoms with E-state index in [1.54, 1.807) is 6.07 Å². The molecule has 0 fully saturated rings. The first kappa shape index (κ1) is 17.0. The van der Waals surface area contributed by atoms with E-state index in [1.807, 2.05) is 18.2 Å². The number of carbonyl (C=O) groups excluding carboxylic acids is 1. The summed E-state index contributed by atoms with van der Waals surface area (Å²) in [5, 5.41) is 4.01. The third-order valence-corrected chi connectivity index (χ3v) is 3.48. The Kier molecular flexibility index (Phi) is 9.13. The van der Waals surface area contributed by atoms with Gasteiger partial charge in [0.05, 0.1) is 6.61 Å². The van der Waals surface area contributed by atoms with Crippen molar-refractivity contribution in [2.75, 3.05) is 18.5 Å². The van der Waals surface area contributed by atoms with Gasteiger partial charge in [0.2, 0.25) is 0 Å². The molecule has 0 bridgehead atoms. The van der Waals surface area contributed by atoms with Gasteiger partial charge in [0, 0.05) is 17.4 Å². The summed E-state index contributed by atoms with van der Waals surface area (Å²) in [6, 6.07) is 7.36. The lowest BCUT2D eigenvalue weighted by atomic mass is 10.2. The highest BCUT2D eigenvalue weighted by Gasteiger charge is 2.05. The normalized spacial score (nSPS) is 10.3. The molecule has 0 saturated heterocycles. The summed E-state index contributed by atoms with van der Waals surface area (Å²) in [6.45, 7) is 3.48. The van der Waals surface area contributed by atoms with Gasteiger partial charge >= 0.3 is 0 Å². The van der Waals surface area contributed by atoms with E-state index in [9.17, 15) is 4.79 Å². The summed E-state index contributed by atoms with van der Waals surface area (Å²) in [5.74, 6) is 0.740. The molecular weight excluding hydrogens is 318 g/mol. The number of rotatable bonds is 10. The molecule has 0 radical (unpaired) electrons. The summed E-state index contributed by atoms with van der Waals surface area (Å²) >= 11 is 3.42. The Hall–Kier alpha value is -1.03. The zero-order valence-electron chi connectivity index (χ0n) is 12.2. The monoisotopic (exact) mass is 341 g/mol. The molecule has 0 aliphatic carbocycles. The Morgan fingerprint density at radius 2 is 2.05 bits per heavy atom. The van der Waals surface area contributed by atoms with E-state index in [-0.39, 0.29) is 5.91 Å². The number of nitrogens with one attached hydrogen (secondary N) is 1. The van der Waals surface area contributed by atoms with Crippen LogP contribution in [-0.4, -0.2) is 24.4 Å². The molecule has 0 heterocycles. The van der Waals surface area contributed by atoms with Crippen LogP contribution in [0.4, 0.5) is 0 Å². The molecule has 1 rings (SSSR count). The van der Waals surface area contributed by atoms with Crippen molar-refractivity contribution in [3.63, 3.8) is 0 Å². The highest BCUT2D eigenvalue weighted by atomic mass is 79.9. The second-order valence-corrected chi connectivity index (χ2v) is 5.53. The van der Waals surface area contributed by atoms with Crippen LogP contribution in [0.5, 0.6) is 5.75 Å². The number of ether oxygens (including phenoxy) is 1. The first-order chi connectivity index (χ1) is 9.77. The van der Waals surface area contributed by atoms with Crippen LogP contribution in [0.2, 0.25) is 0 Å². The SMILES string of the molecule is CCCOc1cccc(C(=O)NCCCCCCBr)c1. The van der Waals surface area contributed by atoms with E-state index >= 15 is 0 Å². The van der Waals surface area contributed by atoms with Crippen molar-refractivity contribution in [1.82, 2.24) is 5.32 Å². The second-order valence-electron chi connectivity index (χ2n) is 4.74. The van der Waals surface area contributed by atoms with Gasteiger partial charge in [0.15, 0.2) is 0 Å². The molecule has 0 atom stereocenters. The van der Waals surface area contributed by atoms with Gasteiger partial charge in [0.25, 0.3) is 5.91 Å². The van der Waals surface area contributed by atoms with Crippen molar-refractivity contribution < 1.29 is 9.53 Å². The summed E-state index contributed by atoms with van der Waals surface area (Å²) in [6.07, 6.45) is 5.56. The smallest absolute Gasteiger partial charge is 0.251 e. The van der Waals surface area contributed by atoms with Crippen LogP contribution in [0.3, 0.4) is 0 Å². The average molecular weight is 342 g/mol. The van der Waals surface area contributed by atoms with Crippen LogP contribution in [0.15, 0.2) is 24.3 Å². The van der Waals surface area contributed by atoms with Gasteiger partial charge < -0.3 is 10.1 Å². The van der Waals surface area contributed by atoms with Crippen molar-refractivity contribution in [2.24, 2.45) is 0 Å². The zero-order chi connectivity index (χ0) is 14.6. The number of benzene rings is 1. The van der Waals surface area contributed by atoms with E-state index < -0.39 is 0 Å². The second kappa shape index (κ2) is 10.7. The molecule has 4 heteroatoms. The van der Waals surface area contributed by atoms with Crippen molar-refractivity contribution in [3.8, 4) is 5.75 Å². The molecule has 1 amide bonds. The highest BCUT2D eigenvalue weighted by molar-refractivity contribution is 9.09. The van der Waals surface area contributed by atoms with E-state index in [1.165, 1.54) is 12.8 Å². The maximum atomic E-state index is 12.0. The third kappa shape index (κ3) is 6.94. The van der Waals surface area contributed by atoms with Crippen molar-refractivity contribution in [2.45, 2.75) is 39.0 Å². The number of amides is 1. The minimum absolute atomic E-state index is 0.0209. The Bertz CT molecular complexity index is 396. The topological polar surface area (TPSA) is 38.3 Å². The average Bonchev–Trinajstić information content (AvgIpc) is 2.48. The predicted octanol–water partition coefficient (Wildman–Crippen LogP) is 4.16. The minimum Gasteiger partial charge on any atom is -0.494 e. The number of hydrogen-bond donors (Lipinski definition) is 1. The van der Waals surface area contributed by atoms with Gasteiger partial charge in [-0.3, -0.25) is 4.79 Å². The van der Waals surface area contributed by atoms with Crippen LogP contribution in [0, 0.1) is 0 Å². The molecule has 0 aliphatic rings. The van der Waals surface area contributed by atoms with Gasteiger partial charge in [-0.05, 0) is 37.5 Å². The van der Waals surface area contributed by atoms with E-state index in [2.05, 4.69) is 28.2 Å². The van der Waals surface area contributed by atoms with Crippen LogP contribution in [-0.2, 0) is 0 Å². The third-order valence-electron chi connectivity index (χ3n) is 2.92. The van der Waals surface area contributed by atoms with Crippen molar-refractivity contribution >= 4 is 21.8 Å². The Labute approximate surface area is 130 Å². The first-order valence-electron chi connectivity index (χ1n) is 7.35. The maximum absolute atomic E-state index is 12.0. The largest absolute Gasteiger partial charge is 0.494 e. The van der Waals surface area contributed by atoms with Gasteiger partial charge in [0.1, 0.15) is 5.75 Å². The zero-order valence-corrected chi connectivity index (χ0v) is 13.7. The summed E-state index contributed by atoms with van der Waals surface area (Å²) in [5.41, 5.74) is 0.666. The van der Waals surface area contributed by atoms with Crippen molar-refractivity contribution in [3.05, 3.63) is 29.8 Å². The van der Waals surface area contributed by atoms with E-state index in [4.69, 9.17) is 4.74 Å². The molecular formula is C16H24BrNO2. The van der Waals surface area contributed by atoms with Crippen molar-refractivity contribution in [1.29, 1.82) is 0 Å². The minimum atomic E-state index is -0.0209. The Morgan fingerprint density at radius 1 is 1.25 bits per heavy atom. The molecule has 20 heavy (non-hydrogen) atoms. The maximum Gasteiger partial charge on any atom is 0.251 e. The predicted molar refractivity (Wildman–Crippen MR) is 86.8 cm³/mol. The van der Waals surface area contributed by atoms with Gasteiger partial charge in [-0.2, -0.15) is 0 Å². The lowest BCUT2D eigenvalue weighted by Crippen LogP contribution is -2.24. The fraction of sp³-hybridized carbons (Fsp3) is 0.562. The van der Waals surface area contributed by atoms with Gasteiger partial charge in [-0.1, -0.05) is 41.8 Å². The number of alkyl halides is 1. The van der Waals surface area contributed by atoms with Crippen LogP contribution < -0.4 is 10.1 Å². The highest BCUT2D eigenvalue weighted by Crippen LogP contribution is 2.13. The van der Waals surface area contributed by atoms with E-state index in [0.29, 0.717) is 12.2 Å². The number of halogens is 1. The molecule has 3 nitrogen and oxygen atoms in total. The first-order valence-corrected chi connectivity index (χ1v) is 8.47. The van der Waals surface area contributed by atoms with Gasteiger partial charge in [-0.25, -0.2) is 0 Å².